The van der Waals surface area contributed by atoms with Crippen LogP contribution < -0.4 is 10.1 Å². The number of para-hydroxylation sites is 1. The first kappa shape index (κ1) is 15.0. The zero-order chi connectivity index (χ0) is 15.5. The SMILES string of the molecule is CC(C)(C)c1ccccc1OC(=O)Nc1ccc(F)cc1. The van der Waals surface area contributed by atoms with E-state index in [0.29, 0.717) is 11.4 Å². The van der Waals surface area contributed by atoms with Gasteiger partial charge in [0, 0.05) is 11.3 Å². The van der Waals surface area contributed by atoms with E-state index in [9.17, 15) is 9.18 Å². The number of rotatable bonds is 2. The number of carbonyl (C=O) groups excluding carboxylic acids is 1. The second-order valence-corrected chi connectivity index (χ2v) is 5.77. The molecular weight excluding hydrogens is 269 g/mol. The highest BCUT2D eigenvalue weighted by atomic mass is 19.1. The Morgan fingerprint density at radius 2 is 1.67 bits per heavy atom. The summed E-state index contributed by atoms with van der Waals surface area (Å²) in [6.07, 6.45) is -0.599. The smallest absolute Gasteiger partial charge is 0.410 e. The van der Waals surface area contributed by atoms with Gasteiger partial charge in [-0.1, -0.05) is 39.0 Å². The Kier molecular flexibility index (Phi) is 4.26. The fourth-order valence-electron chi connectivity index (χ4n) is 1.95. The summed E-state index contributed by atoms with van der Waals surface area (Å²) < 4.78 is 18.2. The molecule has 0 heterocycles. The van der Waals surface area contributed by atoms with Crippen molar-refractivity contribution in [2.75, 3.05) is 5.32 Å². The molecule has 0 atom stereocenters. The van der Waals surface area contributed by atoms with Crippen LogP contribution in [0.15, 0.2) is 48.5 Å². The predicted molar refractivity (Wildman–Crippen MR) is 81.2 cm³/mol. The molecular formula is C17H18FNO2. The fourth-order valence-corrected chi connectivity index (χ4v) is 1.95. The van der Waals surface area contributed by atoms with Gasteiger partial charge in [-0.15, -0.1) is 0 Å². The van der Waals surface area contributed by atoms with E-state index in [1.165, 1.54) is 24.3 Å². The van der Waals surface area contributed by atoms with Crippen LogP contribution in [0.4, 0.5) is 14.9 Å². The standard InChI is InChI=1S/C17H18FNO2/c1-17(2,3)14-6-4-5-7-15(14)21-16(20)19-13-10-8-12(18)9-11-13/h4-11H,1-3H3,(H,19,20). The maximum absolute atomic E-state index is 12.8. The Hall–Kier alpha value is -2.36. The molecule has 0 bridgehead atoms. The lowest BCUT2D eigenvalue weighted by atomic mass is 9.86. The second kappa shape index (κ2) is 5.95. The minimum atomic E-state index is -0.599. The summed E-state index contributed by atoms with van der Waals surface area (Å²) in [5.41, 5.74) is 1.29. The fraction of sp³-hybridized carbons (Fsp3) is 0.235. The van der Waals surface area contributed by atoms with Gasteiger partial charge >= 0.3 is 6.09 Å². The van der Waals surface area contributed by atoms with Crippen molar-refractivity contribution in [2.45, 2.75) is 26.2 Å². The molecule has 0 fully saturated rings. The molecule has 2 rings (SSSR count). The van der Waals surface area contributed by atoms with Gasteiger partial charge in [-0.05, 0) is 35.7 Å². The van der Waals surface area contributed by atoms with Crippen LogP contribution in [-0.2, 0) is 5.41 Å². The number of halogens is 1. The van der Waals surface area contributed by atoms with Crippen molar-refractivity contribution in [3.05, 3.63) is 59.9 Å². The molecule has 0 aliphatic rings. The number of carbonyl (C=O) groups is 1. The zero-order valence-corrected chi connectivity index (χ0v) is 12.3. The van der Waals surface area contributed by atoms with Crippen LogP contribution in [-0.4, -0.2) is 6.09 Å². The number of nitrogens with one attached hydrogen (secondary N) is 1. The van der Waals surface area contributed by atoms with Crippen molar-refractivity contribution in [2.24, 2.45) is 0 Å². The van der Waals surface area contributed by atoms with Gasteiger partial charge in [0.25, 0.3) is 0 Å². The van der Waals surface area contributed by atoms with Crippen LogP contribution in [0.3, 0.4) is 0 Å². The summed E-state index contributed by atoms with van der Waals surface area (Å²) in [6, 6.07) is 12.9. The van der Waals surface area contributed by atoms with Crippen molar-refractivity contribution < 1.29 is 13.9 Å². The lowest BCUT2D eigenvalue weighted by molar-refractivity contribution is 0.214. The van der Waals surface area contributed by atoms with E-state index in [-0.39, 0.29) is 11.2 Å². The van der Waals surface area contributed by atoms with E-state index in [0.717, 1.165) is 5.56 Å². The number of ether oxygens (including phenoxy) is 1. The molecule has 0 saturated carbocycles. The van der Waals surface area contributed by atoms with Crippen LogP contribution in [0, 0.1) is 5.82 Å². The average molecular weight is 287 g/mol. The lowest BCUT2D eigenvalue weighted by Gasteiger charge is -2.22. The first-order valence-electron chi connectivity index (χ1n) is 6.70. The third-order valence-electron chi connectivity index (χ3n) is 2.99. The summed E-state index contributed by atoms with van der Waals surface area (Å²) >= 11 is 0. The quantitative estimate of drug-likeness (QED) is 0.866. The van der Waals surface area contributed by atoms with Gasteiger partial charge in [-0.2, -0.15) is 0 Å². The van der Waals surface area contributed by atoms with E-state index in [2.05, 4.69) is 5.32 Å². The zero-order valence-electron chi connectivity index (χ0n) is 12.3. The first-order valence-corrected chi connectivity index (χ1v) is 6.70. The van der Waals surface area contributed by atoms with Gasteiger partial charge < -0.3 is 4.74 Å². The van der Waals surface area contributed by atoms with Crippen molar-refractivity contribution >= 4 is 11.8 Å². The predicted octanol–water partition coefficient (Wildman–Crippen LogP) is 4.73. The van der Waals surface area contributed by atoms with Gasteiger partial charge in [0.05, 0.1) is 0 Å². The van der Waals surface area contributed by atoms with Crippen molar-refractivity contribution in [3.63, 3.8) is 0 Å². The van der Waals surface area contributed by atoms with E-state index >= 15 is 0 Å². The molecule has 21 heavy (non-hydrogen) atoms. The number of anilines is 1. The van der Waals surface area contributed by atoms with Crippen LogP contribution >= 0.6 is 0 Å². The third kappa shape index (κ3) is 4.05. The highest BCUT2D eigenvalue weighted by molar-refractivity contribution is 5.86. The van der Waals surface area contributed by atoms with Gasteiger partial charge in [0.1, 0.15) is 11.6 Å². The molecule has 0 aromatic heterocycles. The Balaban J connectivity index is 2.11. The summed E-state index contributed by atoms with van der Waals surface area (Å²) in [5, 5.41) is 2.57. The highest BCUT2D eigenvalue weighted by Gasteiger charge is 2.20. The molecule has 0 spiro atoms. The lowest BCUT2D eigenvalue weighted by Crippen LogP contribution is -2.20. The minimum absolute atomic E-state index is 0.132. The van der Waals surface area contributed by atoms with Gasteiger partial charge in [-0.3, -0.25) is 5.32 Å². The summed E-state index contributed by atoms with van der Waals surface area (Å²) in [4.78, 5) is 11.9. The van der Waals surface area contributed by atoms with Gasteiger partial charge in [0.2, 0.25) is 0 Å². The minimum Gasteiger partial charge on any atom is -0.410 e. The maximum atomic E-state index is 12.8. The van der Waals surface area contributed by atoms with Crippen LogP contribution in [0.25, 0.3) is 0 Å². The van der Waals surface area contributed by atoms with Crippen LogP contribution in [0.5, 0.6) is 5.75 Å². The largest absolute Gasteiger partial charge is 0.417 e. The Bertz CT molecular complexity index is 630. The monoisotopic (exact) mass is 287 g/mol. The van der Waals surface area contributed by atoms with Gasteiger partial charge in [0.15, 0.2) is 0 Å². The Morgan fingerprint density at radius 1 is 1.05 bits per heavy atom. The highest BCUT2D eigenvalue weighted by Crippen LogP contribution is 2.31. The number of amides is 1. The maximum Gasteiger partial charge on any atom is 0.417 e. The van der Waals surface area contributed by atoms with E-state index in [4.69, 9.17) is 4.74 Å². The Labute approximate surface area is 123 Å². The van der Waals surface area contributed by atoms with E-state index in [1.54, 1.807) is 6.07 Å². The Morgan fingerprint density at radius 3 is 2.29 bits per heavy atom. The molecule has 0 radical (unpaired) electrons. The first-order chi connectivity index (χ1) is 9.86. The summed E-state index contributed by atoms with van der Waals surface area (Å²) in [7, 11) is 0. The molecule has 2 aromatic rings. The van der Waals surface area contributed by atoms with Crippen LogP contribution in [0.1, 0.15) is 26.3 Å². The molecule has 0 unspecified atom stereocenters. The molecule has 0 saturated heterocycles. The molecule has 0 aliphatic heterocycles. The van der Waals surface area contributed by atoms with Crippen molar-refractivity contribution in [1.29, 1.82) is 0 Å². The molecule has 3 nitrogen and oxygen atoms in total. The normalized spacial score (nSPS) is 11.0. The summed E-state index contributed by atoms with van der Waals surface area (Å²) in [5.74, 6) is 0.164. The van der Waals surface area contributed by atoms with Crippen molar-refractivity contribution in [1.82, 2.24) is 0 Å². The second-order valence-electron chi connectivity index (χ2n) is 5.77. The molecule has 110 valence electrons. The number of benzene rings is 2. The van der Waals surface area contributed by atoms with Crippen LogP contribution in [0.2, 0.25) is 0 Å². The molecule has 1 amide bonds. The van der Waals surface area contributed by atoms with E-state index in [1.807, 2.05) is 39.0 Å². The van der Waals surface area contributed by atoms with Gasteiger partial charge in [-0.25, -0.2) is 9.18 Å². The summed E-state index contributed by atoms with van der Waals surface area (Å²) in [6.45, 7) is 6.15. The third-order valence-corrected chi connectivity index (χ3v) is 2.99. The molecule has 1 N–H and O–H groups in total. The van der Waals surface area contributed by atoms with E-state index < -0.39 is 6.09 Å². The average Bonchev–Trinajstić information content (AvgIpc) is 2.41. The topological polar surface area (TPSA) is 38.3 Å². The molecule has 4 heteroatoms. The number of hydrogen-bond acceptors (Lipinski definition) is 2. The number of hydrogen-bond donors (Lipinski definition) is 1. The molecule has 2 aromatic carbocycles. The van der Waals surface area contributed by atoms with Crippen molar-refractivity contribution in [3.8, 4) is 5.75 Å². The molecule has 0 aliphatic carbocycles.